The van der Waals surface area contributed by atoms with E-state index < -0.39 is 0 Å². The summed E-state index contributed by atoms with van der Waals surface area (Å²) in [4.78, 5) is 18.9. The second-order valence-corrected chi connectivity index (χ2v) is 6.90. The number of hydrogen-bond donors (Lipinski definition) is 0. The van der Waals surface area contributed by atoms with Crippen LogP contribution in [0.2, 0.25) is 0 Å². The number of amides is 1. The van der Waals surface area contributed by atoms with Crippen LogP contribution in [0.5, 0.6) is 0 Å². The number of likely N-dealkylation sites (tertiary alicyclic amines) is 1. The van der Waals surface area contributed by atoms with Crippen molar-refractivity contribution >= 4 is 16.9 Å². The summed E-state index contributed by atoms with van der Waals surface area (Å²) in [5.74, 6) is 1.14. The molecule has 4 rings (SSSR count). The van der Waals surface area contributed by atoms with E-state index >= 15 is 0 Å². The van der Waals surface area contributed by atoms with Gasteiger partial charge in [-0.3, -0.25) is 4.79 Å². The minimum Gasteiger partial charge on any atom is -0.333 e. The summed E-state index contributed by atoms with van der Waals surface area (Å²) in [6, 6.07) is 17.0. The second kappa shape index (κ2) is 6.36. The summed E-state index contributed by atoms with van der Waals surface area (Å²) in [6.07, 6.45) is 2.02. The van der Waals surface area contributed by atoms with Crippen molar-refractivity contribution in [2.75, 3.05) is 6.54 Å². The molecule has 0 bridgehead atoms. The third-order valence-electron chi connectivity index (χ3n) is 5.10. The maximum Gasteiger partial charge on any atom is 0.220 e. The fraction of sp³-hybridized carbons (Fsp3) is 0.333. The van der Waals surface area contributed by atoms with E-state index in [9.17, 15) is 4.79 Å². The number of imidazole rings is 1. The van der Waals surface area contributed by atoms with E-state index in [1.165, 1.54) is 11.1 Å². The minimum absolute atomic E-state index is 0.0790. The van der Waals surface area contributed by atoms with Gasteiger partial charge >= 0.3 is 0 Å². The normalized spacial score (nSPS) is 17.4. The molecule has 3 aromatic rings. The van der Waals surface area contributed by atoms with E-state index in [1.54, 1.807) is 6.92 Å². The molecule has 0 radical (unpaired) electrons. The minimum atomic E-state index is 0.0790. The smallest absolute Gasteiger partial charge is 0.220 e. The molecule has 2 aromatic carbocycles. The molecule has 1 aromatic heterocycles. The van der Waals surface area contributed by atoms with Crippen LogP contribution in [0.25, 0.3) is 11.0 Å². The number of benzene rings is 2. The zero-order valence-electron chi connectivity index (χ0n) is 14.8. The van der Waals surface area contributed by atoms with Crippen molar-refractivity contribution < 1.29 is 4.79 Å². The summed E-state index contributed by atoms with van der Waals surface area (Å²) in [6.45, 7) is 5.36. The SMILES string of the molecule is CC(=O)N1CCC[C@@H]1c1nc2ccccc2n1Cc1ccc(C)cc1. The molecule has 0 N–H and O–H groups in total. The largest absolute Gasteiger partial charge is 0.333 e. The molecule has 2 heterocycles. The van der Waals surface area contributed by atoms with E-state index in [0.29, 0.717) is 0 Å². The van der Waals surface area contributed by atoms with Crippen molar-refractivity contribution in [2.24, 2.45) is 0 Å². The number of carbonyl (C=O) groups is 1. The number of nitrogens with zero attached hydrogens (tertiary/aromatic N) is 3. The molecule has 0 aliphatic carbocycles. The first-order chi connectivity index (χ1) is 12.1. The highest BCUT2D eigenvalue weighted by molar-refractivity contribution is 5.77. The number of fused-ring (bicyclic) bond motifs is 1. The number of hydrogen-bond acceptors (Lipinski definition) is 2. The van der Waals surface area contributed by atoms with Gasteiger partial charge < -0.3 is 9.47 Å². The summed E-state index contributed by atoms with van der Waals surface area (Å²) in [5, 5.41) is 0. The highest BCUT2D eigenvalue weighted by atomic mass is 16.2. The quantitative estimate of drug-likeness (QED) is 0.724. The van der Waals surface area contributed by atoms with E-state index in [4.69, 9.17) is 4.98 Å². The fourth-order valence-electron chi connectivity index (χ4n) is 3.80. The average Bonchev–Trinajstić information content (AvgIpc) is 3.22. The van der Waals surface area contributed by atoms with Crippen LogP contribution >= 0.6 is 0 Å². The monoisotopic (exact) mass is 333 g/mol. The van der Waals surface area contributed by atoms with Gasteiger partial charge in [0.25, 0.3) is 0 Å². The van der Waals surface area contributed by atoms with Crippen molar-refractivity contribution in [2.45, 2.75) is 39.3 Å². The van der Waals surface area contributed by atoms with E-state index in [2.05, 4.69) is 54.0 Å². The number of carbonyl (C=O) groups excluding carboxylic acids is 1. The van der Waals surface area contributed by atoms with E-state index in [-0.39, 0.29) is 11.9 Å². The van der Waals surface area contributed by atoms with E-state index in [1.807, 2.05) is 11.0 Å². The van der Waals surface area contributed by atoms with Crippen molar-refractivity contribution in [1.29, 1.82) is 0 Å². The molecule has 25 heavy (non-hydrogen) atoms. The van der Waals surface area contributed by atoms with Crippen LogP contribution in [0.1, 0.15) is 42.8 Å². The van der Waals surface area contributed by atoms with Gasteiger partial charge in [-0.25, -0.2) is 4.98 Å². The lowest BCUT2D eigenvalue weighted by Gasteiger charge is -2.24. The Balaban J connectivity index is 1.80. The Morgan fingerprint density at radius 1 is 1.16 bits per heavy atom. The molecule has 1 aliphatic rings. The molecular formula is C21H23N3O. The fourth-order valence-corrected chi connectivity index (χ4v) is 3.80. The Kier molecular flexibility index (Phi) is 4.04. The van der Waals surface area contributed by atoms with Gasteiger partial charge in [-0.2, -0.15) is 0 Å². The maximum absolute atomic E-state index is 12.0. The van der Waals surface area contributed by atoms with Gasteiger partial charge in [-0.15, -0.1) is 0 Å². The molecule has 1 fully saturated rings. The topological polar surface area (TPSA) is 38.1 Å². The zero-order chi connectivity index (χ0) is 17.4. The van der Waals surface area contributed by atoms with E-state index in [0.717, 1.165) is 42.8 Å². The van der Waals surface area contributed by atoms with Gasteiger partial charge in [0.1, 0.15) is 5.82 Å². The molecule has 4 nitrogen and oxygen atoms in total. The van der Waals surface area contributed by atoms with Gasteiger partial charge in [0, 0.05) is 20.0 Å². The standard InChI is InChI=1S/C21H23N3O/c1-15-9-11-17(12-10-15)14-24-19-7-4-3-6-18(19)22-21(24)20-8-5-13-23(20)16(2)25/h3-4,6-7,9-12,20H,5,8,13-14H2,1-2H3/t20-/m1/s1. The van der Waals surface area contributed by atoms with Crippen LogP contribution in [0, 0.1) is 6.92 Å². The Morgan fingerprint density at radius 2 is 1.92 bits per heavy atom. The van der Waals surface area contributed by atoms with Crippen LogP contribution < -0.4 is 0 Å². The zero-order valence-corrected chi connectivity index (χ0v) is 14.8. The van der Waals surface area contributed by atoms with Crippen LogP contribution in [0.4, 0.5) is 0 Å². The molecule has 1 atom stereocenters. The van der Waals surface area contributed by atoms with Gasteiger partial charge in [0.05, 0.1) is 17.1 Å². The van der Waals surface area contributed by atoms with Crippen molar-refractivity contribution in [1.82, 2.24) is 14.5 Å². The predicted molar refractivity (Wildman–Crippen MR) is 99.4 cm³/mol. The highest BCUT2D eigenvalue weighted by Crippen LogP contribution is 2.33. The number of aryl methyl sites for hydroxylation is 1. The third-order valence-corrected chi connectivity index (χ3v) is 5.10. The van der Waals surface area contributed by atoms with Gasteiger partial charge in [0.15, 0.2) is 0 Å². The van der Waals surface area contributed by atoms with Gasteiger partial charge in [-0.1, -0.05) is 42.0 Å². The lowest BCUT2D eigenvalue weighted by molar-refractivity contribution is -0.129. The van der Waals surface area contributed by atoms with Crippen LogP contribution in [0.3, 0.4) is 0 Å². The van der Waals surface area contributed by atoms with Gasteiger partial charge in [-0.05, 0) is 37.5 Å². The summed E-state index contributed by atoms with van der Waals surface area (Å²) in [5.41, 5.74) is 4.65. The summed E-state index contributed by atoms with van der Waals surface area (Å²) >= 11 is 0. The number of rotatable bonds is 3. The highest BCUT2D eigenvalue weighted by Gasteiger charge is 2.32. The maximum atomic E-state index is 12.0. The van der Waals surface area contributed by atoms with Crippen molar-refractivity contribution in [3.8, 4) is 0 Å². The molecule has 0 spiro atoms. The first-order valence-corrected chi connectivity index (χ1v) is 8.91. The Bertz CT molecular complexity index is 911. The lowest BCUT2D eigenvalue weighted by atomic mass is 10.1. The average molecular weight is 333 g/mol. The van der Waals surface area contributed by atoms with Crippen molar-refractivity contribution in [3.63, 3.8) is 0 Å². The number of para-hydroxylation sites is 2. The summed E-state index contributed by atoms with van der Waals surface area (Å²) in [7, 11) is 0. The number of aromatic nitrogens is 2. The molecule has 4 heteroatoms. The van der Waals surface area contributed by atoms with Gasteiger partial charge in [0.2, 0.25) is 5.91 Å². The molecule has 1 saturated heterocycles. The third kappa shape index (κ3) is 2.93. The van der Waals surface area contributed by atoms with Crippen LogP contribution in [-0.2, 0) is 11.3 Å². The predicted octanol–water partition coefficient (Wildman–Crippen LogP) is 4.08. The summed E-state index contributed by atoms with van der Waals surface area (Å²) < 4.78 is 2.28. The molecule has 0 unspecified atom stereocenters. The van der Waals surface area contributed by atoms with Crippen molar-refractivity contribution in [3.05, 3.63) is 65.5 Å². The Morgan fingerprint density at radius 3 is 2.68 bits per heavy atom. The lowest BCUT2D eigenvalue weighted by Crippen LogP contribution is -2.30. The second-order valence-electron chi connectivity index (χ2n) is 6.90. The Labute approximate surface area is 148 Å². The molecule has 1 amide bonds. The molecular weight excluding hydrogens is 310 g/mol. The van der Waals surface area contributed by atoms with Crippen LogP contribution in [-0.4, -0.2) is 26.9 Å². The molecule has 128 valence electrons. The Hall–Kier alpha value is -2.62. The first kappa shape index (κ1) is 15.9. The van der Waals surface area contributed by atoms with Crippen LogP contribution in [0.15, 0.2) is 48.5 Å². The first-order valence-electron chi connectivity index (χ1n) is 8.91. The molecule has 1 aliphatic heterocycles. The molecule has 0 saturated carbocycles.